The second-order valence-corrected chi connectivity index (χ2v) is 9.45. The van der Waals surface area contributed by atoms with Crippen LogP contribution in [0.4, 0.5) is 5.69 Å². The zero-order chi connectivity index (χ0) is 21.2. The highest BCUT2D eigenvalue weighted by Crippen LogP contribution is 2.35. The van der Waals surface area contributed by atoms with E-state index in [9.17, 15) is 18.3 Å². The first-order chi connectivity index (χ1) is 13.7. The van der Waals surface area contributed by atoms with Gasteiger partial charge in [-0.3, -0.25) is 9.69 Å². The van der Waals surface area contributed by atoms with Gasteiger partial charge in [-0.15, -0.1) is 0 Å². The molecule has 29 heavy (non-hydrogen) atoms. The molecule has 2 aromatic carbocycles. The van der Waals surface area contributed by atoms with Crippen molar-refractivity contribution in [3.8, 4) is 5.75 Å². The number of halogens is 2. The highest BCUT2D eigenvalue weighted by Gasteiger charge is 2.32. The molecule has 2 aromatic rings. The van der Waals surface area contributed by atoms with Crippen LogP contribution in [0.5, 0.6) is 5.75 Å². The largest absolute Gasteiger partial charge is 0.505 e. The Kier molecular flexibility index (Phi) is 6.70. The molecule has 0 aromatic heterocycles. The van der Waals surface area contributed by atoms with Gasteiger partial charge in [-0.05, 0) is 24.3 Å². The van der Waals surface area contributed by atoms with Crippen molar-refractivity contribution in [2.45, 2.75) is 4.90 Å². The molecule has 0 aliphatic carbocycles. The van der Waals surface area contributed by atoms with Gasteiger partial charge in [0.25, 0.3) is 0 Å². The van der Waals surface area contributed by atoms with E-state index < -0.39 is 15.8 Å². The number of carbonyl (C=O) groups is 1. The van der Waals surface area contributed by atoms with E-state index in [4.69, 9.17) is 23.2 Å². The standard InChI is InChI=1S/C19H21Cl2N3O4S/c1-22(15-5-3-2-4-6-15)18(25)13-23-7-9-24(10-8-23)29(27,28)17-12-14(20)11-16(21)19(17)26/h2-6,11-12,26H,7-10,13H2,1H3. The first-order valence-electron chi connectivity index (χ1n) is 8.92. The third kappa shape index (κ3) is 4.84. The van der Waals surface area contributed by atoms with E-state index in [-0.39, 0.29) is 40.5 Å². The third-order valence-electron chi connectivity index (χ3n) is 4.82. The van der Waals surface area contributed by atoms with Crippen LogP contribution in [0.3, 0.4) is 0 Å². The number of phenolic OH excluding ortho intramolecular Hbond substituents is 1. The van der Waals surface area contributed by atoms with Gasteiger partial charge in [0.2, 0.25) is 15.9 Å². The topological polar surface area (TPSA) is 81.2 Å². The molecule has 0 radical (unpaired) electrons. The van der Waals surface area contributed by atoms with Crippen LogP contribution in [0.15, 0.2) is 47.4 Å². The predicted molar refractivity (Wildman–Crippen MR) is 113 cm³/mol. The fourth-order valence-corrected chi connectivity index (χ4v) is 5.27. The minimum Gasteiger partial charge on any atom is -0.505 e. The predicted octanol–water partition coefficient (Wildman–Crippen LogP) is 2.67. The van der Waals surface area contributed by atoms with E-state index >= 15 is 0 Å². The number of rotatable bonds is 5. The van der Waals surface area contributed by atoms with Gasteiger partial charge in [0.1, 0.15) is 4.90 Å². The first kappa shape index (κ1) is 21.9. The Hall–Kier alpha value is -1.84. The van der Waals surface area contributed by atoms with E-state index in [1.165, 1.54) is 16.4 Å². The number of phenols is 1. The van der Waals surface area contributed by atoms with Crippen molar-refractivity contribution in [1.29, 1.82) is 0 Å². The van der Waals surface area contributed by atoms with E-state index in [0.29, 0.717) is 13.1 Å². The van der Waals surface area contributed by atoms with Gasteiger partial charge in [-0.25, -0.2) is 8.42 Å². The van der Waals surface area contributed by atoms with Crippen LogP contribution in [-0.2, 0) is 14.8 Å². The van der Waals surface area contributed by atoms with Crippen molar-refractivity contribution in [2.75, 3.05) is 44.7 Å². The lowest BCUT2D eigenvalue weighted by molar-refractivity contribution is -0.119. The SMILES string of the molecule is CN(C(=O)CN1CCN(S(=O)(=O)c2cc(Cl)cc(Cl)c2O)CC1)c1ccccc1. The number of hydrogen-bond acceptors (Lipinski definition) is 5. The number of hydrogen-bond donors (Lipinski definition) is 1. The normalized spacial score (nSPS) is 16.0. The van der Waals surface area contributed by atoms with E-state index in [0.717, 1.165) is 5.69 Å². The maximum Gasteiger partial charge on any atom is 0.246 e. The summed E-state index contributed by atoms with van der Waals surface area (Å²) in [5, 5.41) is 10.1. The number of sulfonamides is 1. The fraction of sp³-hybridized carbons (Fsp3) is 0.316. The van der Waals surface area contributed by atoms with Crippen LogP contribution in [0.1, 0.15) is 0 Å². The summed E-state index contributed by atoms with van der Waals surface area (Å²) in [6.45, 7) is 1.35. The molecule has 0 unspecified atom stereocenters. The molecular weight excluding hydrogens is 437 g/mol. The molecule has 1 heterocycles. The Bertz CT molecular complexity index is 994. The highest BCUT2D eigenvalue weighted by molar-refractivity contribution is 7.89. The maximum atomic E-state index is 12.9. The minimum absolute atomic E-state index is 0.0771. The van der Waals surface area contributed by atoms with Gasteiger partial charge >= 0.3 is 0 Å². The van der Waals surface area contributed by atoms with Gasteiger partial charge in [-0.2, -0.15) is 4.31 Å². The van der Waals surface area contributed by atoms with Gasteiger partial charge in [0.05, 0.1) is 11.6 Å². The molecule has 10 heteroatoms. The third-order valence-corrected chi connectivity index (χ3v) is 7.24. The molecule has 156 valence electrons. The molecule has 0 spiro atoms. The summed E-state index contributed by atoms with van der Waals surface area (Å²) < 4.78 is 27.0. The Morgan fingerprint density at radius 1 is 1.10 bits per heavy atom. The first-order valence-corrected chi connectivity index (χ1v) is 11.1. The summed E-state index contributed by atoms with van der Waals surface area (Å²) in [7, 11) is -2.24. The molecule has 1 N–H and O–H groups in total. The van der Waals surface area contributed by atoms with E-state index in [2.05, 4.69) is 0 Å². The number of para-hydroxylation sites is 1. The monoisotopic (exact) mass is 457 g/mol. The Morgan fingerprint density at radius 2 is 1.72 bits per heavy atom. The van der Waals surface area contributed by atoms with E-state index in [1.807, 2.05) is 35.2 Å². The average molecular weight is 458 g/mol. The number of aromatic hydroxyl groups is 1. The number of piperazine rings is 1. The van der Waals surface area contributed by atoms with Crippen molar-refractivity contribution >= 4 is 44.8 Å². The highest BCUT2D eigenvalue weighted by atomic mass is 35.5. The molecule has 1 aliphatic rings. The quantitative estimate of drug-likeness (QED) is 0.746. The summed E-state index contributed by atoms with van der Waals surface area (Å²) in [6, 6.07) is 11.8. The van der Waals surface area contributed by atoms with Gasteiger partial charge in [0, 0.05) is 43.9 Å². The van der Waals surface area contributed by atoms with Crippen LogP contribution < -0.4 is 4.90 Å². The summed E-state index contributed by atoms with van der Waals surface area (Å²) >= 11 is 11.8. The lowest BCUT2D eigenvalue weighted by Crippen LogP contribution is -2.51. The Morgan fingerprint density at radius 3 is 2.34 bits per heavy atom. The molecule has 1 amide bonds. The number of likely N-dealkylation sites (N-methyl/N-ethyl adjacent to an activating group) is 1. The number of carbonyl (C=O) groups excluding carboxylic acids is 1. The lowest BCUT2D eigenvalue weighted by atomic mass is 10.3. The molecule has 7 nitrogen and oxygen atoms in total. The lowest BCUT2D eigenvalue weighted by Gasteiger charge is -2.34. The molecule has 1 aliphatic heterocycles. The van der Waals surface area contributed by atoms with Crippen LogP contribution in [0.2, 0.25) is 10.0 Å². The minimum atomic E-state index is -3.96. The van der Waals surface area contributed by atoms with Crippen LogP contribution >= 0.6 is 23.2 Å². The Labute approximate surface area is 180 Å². The van der Waals surface area contributed by atoms with Crippen molar-refractivity contribution in [1.82, 2.24) is 9.21 Å². The van der Waals surface area contributed by atoms with Gasteiger partial charge < -0.3 is 10.0 Å². The fourth-order valence-electron chi connectivity index (χ4n) is 3.10. The van der Waals surface area contributed by atoms with Crippen molar-refractivity contribution < 1.29 is 18.3 Å². The molecule has 1 fully saturated rings. The molecule has 1 saturated heterocycles. The molecule has 0 atom stereocenters. The summed E-state index contributed by atoms with van der Waals surface area (Å²) in [5.74, 6) is -0.593. The van der Waals surface area contributed by atoms with Gasteiger partial charge in [-0.1, -0.05) is 41.4 Å². The zero-order valence-electron chi connectivity index (χ0n) is 15.8. The summed E-state index contributed by atoms with van der Waals surface area (Å²) in [5.41, 5.74) is 0.798. The second kappa shape index (κ2) is 8.89. The summed E-state index contributed by atoms with van der Waals surface area (Å²) in [4.78, 5) is 15.7. The van der Waals surface area contributed by atoms with Crippen LogP contribution in [0, 0.1) is 0 Å². The summed E-state index contributed by atoms with van der Waals surface area (Å²) in [6.07, 6.45) is 0. The van der Waals surface area contributed by atoms with Crippen molar-refractivity contribution in [2.24, 2.45) is 0 Å². The van der Waals surface area contributed by atoms with Crippen LogP contribution in [-0.4, -0.2) is 68.4 Å². The molecular formula is C19H21Cl2N3O4S. The van der Waals surface area contributed by atoms with Crippen LogP contribution in [0.25, 0.3) is 0 Å². The molecule has 0 saturated carbocycles. The van der Waals surface area contributed by atoms with Crippen molar-refractivity contribution in [3.05, 3.63) is 52.5 Å². The van der Waals surface area contributed by atoms with E-state index in [1.54, 1.807) is 11.9 Å². The van der Waals surface area contributed by atoms with Gasteiger partial charge in [0.15, 0.2) is 5.75 Å². The smallest absolute Gasteiger partial charge is 0.246 e. The second-order valence-electron chi connectivity index (χ2n) is 6.70. The number of benzene rings is 2. The van der Waals surface area contributed by atoms with Crippen molar-refractivity contribution in [3.63, 3.8) is 0 Å². The number of anilines is 1. The molecule has 0 bridgehead atoms. The molecule has 3 rings (SSSR count). The number of nitrogens with zero attached hydrogens (tertiary/aromatic N) is 3. The zero-order valence-corrected chi connectivity index (χ0v) is 18.1. The Balaban J connectivity index is 1.64. The average Bonchev–Trinajstić information content (AvgIpc) is 2.71. The number of amides is 1. The maximum absolute atomic E-state index is 12.9.